The van der Waals surface area contributed by atoms with E-state index in [1.165, 1.54) is 46.3 Å². The van der Waals surface area contributed by atoms with E-state index in [0.29, 0.717) is 12.1 Å². The number of amides is 1. The third-order valence-corrected chi connectivity index (χ3v) is 5.74. The number of halogens is 4. The van der Waals surface area contributed by atoms with Gasteiger partial charge in [-0.05, 0) is 30.3 Å². The van der Waals surface area contributed by atoms with Crippen molar-refractivity contribution in [1.82, 2.24) is 39.7 Å². The average molecular weight is 514 g/mol. The number of hydrogen-bond donors (Lipinski definition) is 1. The second-order valence-electron chi connectivity index (χ2n) is 7.98. The van der Waals surface area contributed by atoms with Crippen LogP contribution in [0, 0.1) is 5.82 Å². The van der Waals surface area contributed by atoms with Gasteiger partial charge < -0.3 is 19.0 Å². The highest BCUT2D eigenvalue weighted by Gasteiger charge is 2.39. The summed E-state index contributed by atoms with van der Waals surface area (Å²) >= 11 is 0. The molecular formula is C22H14F4N8O3. The predicted molar refractivity (Wildman–Crippen MR) is 115 cm³/mol. The Labute approximate surface area is 203 Å². The number of aromatic nitrogens is 7. The minimum Gasteiger partial charge on any atom is -0.411 e. The maximum atomic E-state index is 14.1. The molecule has 0 radical (unpaired) electrons. The van der Waals surface area contributed by atoms with Gasteiger partial charge in [0.15, 0.2) is 17.3 Å². The van der Waals surface area contributed by atoms with Crippen molar-refractivity contribution in [1.29, 1.82) is 0 Å². The molecule has 5 aromatic heterocycles. The van der Waals surface area contributed by atoms with Crippen LogP contribution < -0.4 is 4.74 Å². The number of hydrogen-bond acceptors (Lipinski definition) is 8. The fourth-order valence-electron chi connectivity index (χ4n) is 4.22. The molecule has 5 aromatic rings. The number of aromatic amines is 1. The first-order valence-corrected chi connectivity index (χ1v) is 10.8. The fourth-order valence-corrected chi connectivity index (χ4v) is 4.22. The fraction of sp³-hybridized carbons (Fsp3) is 0.182. The van der Waals surface area contributed by atoms with E-state index in [-0.39, 0.29) is 29.3 Å². The van der Waals surface area contributed by atoms with Crippen molar-refractivity contribution in [3.63, 3.8) is 0 Å². The van der Waals surface area contributed by atoms with Crippen molar-refractivity contribution in [3.8, 4) is 17.3 Å². The SMILES string of the molecule is O=C(c1nnc(-c2ncccc2F)o1)N1CCc2[nH]cnc2[C@@H]1c1cc2c(OC(F)(F)F)cccn2n1. The Morgan fingerprint density at radius 2 is 2.05 bits per heavy atom. The topological polar surface area (TPSA) is 127 Å². The molecule has 1 aliphatic heterocycles. The zero-order valence-corrected chi connectivity index (χ0v) is 18.5. The summed E-state index contributed by atoms with van der Waals surface area (Å²) in [5.41, 5.74) is 1.25. The number of pyridine rings is 2. The number of alkyl halides is 3. The van der Waals surface area contributed by atoms with Gasteiger partial charge in [-0.15, -0.1) is 23.4 Å². The number of ether oxygens (including phenoxy) is 1. The molecule has 6 rings (SSSR count). The number of nitrogens with zero attached hydrogens (tertiary/aromatic N) is 7. The zero-order chi connectivity index (χ0) is 25.7. The van der Waals surface area contributed by atoms with Crippen LogP contribution in [0.3, 0.4) is 0 Å². The Kier molecular flexibility index (Phi) is 5.13. The maximum Gasteiger partial charge on any atom is 0.573 e. The molecular weight excluding hydrogens is 500 g/mol. The predicted octanol–water partition coefficient (Wildman–Crippen LogP) is 3.33. The molecule has 0 bridgehead atoms. The molecule has 0 unspecified atom stereocenters. The van der Waals surface area contributed by atoms with Crippen molar-refractivity contribution in [3.05, 3.63) is 77.8 Å². The van der Waals surface area contributed by atoms with Crippen molar-refractivity contribution in [2.24, 2.45) is 0 Å². The van der Waals surface area contributed by atoms with Crippen molar-refractivity contribution >= 4 is 11.4 Å². The molecule has 0 fully saturated rings. The molecule has 0 aromatic carbocycles. The number of fused-ring (bicyclic) bond motifs is 2. The van der Waals surface area contributed by atoms with E-state index >= 15 is 0 Å². The second kappa shape index (κ2) is 8.39. The van der Waals surface area contributed by atoms with Gasteiger partial charge in [-0.1, -0.05) is 0 Å². The molecule has 0 aliphatic carbocycles. The largest absolute Gasteiger partial charge is 0.573 e. The van der Waals surface area contributed by atoms with E-state index in [4.69, 9.17) is 4.42 Å². The summed E-state index contributed by atoms with van der Waals surface area (Å²) in [4.78, 5) is 26.0. The molecule has 0 saturated heterocycles. The van der Waals surface area contributed by atoms with Crippen LogP contribution in [0.2, 0.25) is 0 Å². The molecule has 11 nitrogen and oxygen atoms in total. The summed E-state index contributed by atoms with van der Waals surface area (Å²) in [5, 5.41) is 11.9. The molecule has 0 spiro atoms. The minimum atomic E-state index is -4.91. The minimum absolute atomic E-state index is 0.0376. The van der Waals surface area contributed by atoms with Crippen LogP contribution in [0.15, 0.2) is 53.5 Å². The number of imidazole rings is 1. The van der Waals surface area contributed by atoms with E-state index in [1.54, 1.807) is 0 Å². The van der Waals surface area contributed by atoms with E-state index in [9.17, 15) is 22.4 Å². The lowest BCUT2D eigenvalue weighted by atomic mass is 9.99. The average Bonchev–Trinajstić information content (AvgIpc) is 3.61. The Morgan fingerprint density at radius 3 is 2.86 bits per heavy atom. The summed E-state index contributed by atoms with van der Waals surface area (Å²) in [6.45, 7) is 0.175. The molecule has 6 heterocycles. The van der Waals surface area contributed by atoms with Crippen molar-refractivity contribution in [2.75, 3.05) is 6.54 Å². The first kappa shape index (κ1) is 22.6. The number of nitrogens with one attached hydrogen (secondary N) is 1. The summed E-state index contributed by atoms with van der Waals surface area (Å²) in [7, 11) is 0. The summed E-state index contributed by atoms with van der Waals surface area (Å²) < 4.78 is 63.7. The zero-order valence-electron chi connectivity index (χ0n) is 18.5. The second-order valence-corrected chi connectivity index (χ2v) is 7.98. The van der Waals surface area contributed by atoms with Gasteiger partial charge in [0.2, 0.25) is 0 Å². The smallest absolute Gasteiger partial charge is 0.411 e. The van der Waals surface area contributed by atoms with Gasteiger partial charge in [-0.2, -0.15) is 5.10 Å². The van der Waals surface area contributed by atoms with Crippen LogP contribution in [-0.2, 0) is 6.42 Å². The van der Waals surface area contributed by atoms with Crippen LogP contribution in [0.5, 0.6) is 5.75 Å². The van der Waals surface area contributed by atoms with Crippen molar-refractivity contribution < 1.29 is 31.5 Å². The van der Waals surface area contributed by atoms with Crippen LogP contribution in [-0.4, -0.2) is 58.5 Å². The van der Waals surface area contributed by atoms with Gasteiger partial charge in [0.25, 0.3) is 5.89 Å². The van der Waals surface area contributed by atoms with Gasteiger partial charge in [0, 0.05) is 31.1 Å². The highest BCUT2D eigenvalue weighted by atomic mass is 19.4. The van der Waals surface area contributed by atoms with Crippen LogP contribution in [0.25, 0.3) is 17.1 Å². The monoisotopic (exact) mass is 514 g/mol. The van der Waals surface area contributed by atoms with Crippen molar-refractivity contribution in [2.45, 2.75) is 18.8 Å². The first-order valence-electron chi connectivity index (χ1n) is 10.8. The molecule has 15 heteroatoms. The van der Waals surface area contributed by atoms with Gasteiger partial charge in [0.1, 0.15) is 11.6 Å². The molecule has 1 atom stereocenters. The van der Waals surface area contributed by atoms with Gasteiger partial charge in [0.05, 0.1) is 17.7 Å². The number of rotatable bonds is 4. The Balaban J connectivity index is 1.40. The number of H-pyrrole nitrogens is 1. The lowest BCUT2D eigenvalue weighted by Gasteiger charge is -2.32. The van der Waals surface area contributed by atoms with Gasteiger partial charge >= 0.3 is 18.2 Å². The van der Waals surface area contributed by atoms with E-state index in [2.05, 4.69) is 35.0 Å². The maximum absolute atomic E-state index is 14.1. The molecule has 188 valence electrons. The molecule has 0 saturated carbocycles. The number of carbonyl (C=O) groups excluding carboxylic acids is 1. The molecule has 1 amide bonds. The molecule has 37 heavy (non-hydrogen) atoms. The molecule has 1 aliphatic rings. The lowest BCUT2D eigenvalue weighted by molar-refractivity contribution is -0.274. The third-order valence-electron chi connectivity index (χ3n) is 5.74. The highest BCUT2D eigenvalue weighted by Crippen LogP contribution is 2.36. The third kappa shape index (κ3) is 4.03. The lowest BCUT2D eigenvalue weighted by Crippen LogP contribution is -2.41. The Hall–Kier alpha value is -4.82. The van der Waals surface area contributed by atoms with Crippen LogP contribution >= 0.6 is 0 Å². The number of carbonyl (C=O) groups is 1. The molecule has 1 N–H and O–H groups in total. The normalized spacial score (nSPS) is 15.7. The van der Waals surface area contributed by atoms with Gasteiger partial charge in [-0.3, -0.25) is 4.79 Å². The quantitative estimate of drug-likeness (QED) is 0.362. The van der Waals surface area contributed by atoms with Crippen LogP contribution in [0.1, 0.15) is 33.8 Å². The Bertz CT molecular complexity index is 1630. The van der Waals surface area contributed by atoms with E-state index in [0.717, 1.165) is 17.8 Å². The summed E-state index contributed by atoms with van der Waals surface area (Å²) in [5.74, 6) is -2.56. The van der Waals surface area contributed by atoms with Gasteiger partial charge in [-0.25, -0.2) is 18.9 Å². The van der Waals surface area contributed by atoms with Crippen LogP contribution in [0.4, 0.5) is 17.6 Å². The summed E-state index contributed by atoms with van der Waals surface area (Å²) in [6, 6.07) is 5.55. The Morgan fingerprint density at radius 1 is 1.19 bits per heavy atom. The van der Waals surface area contributed by atoms with E-state index in [1.807, 2.05) is 0 Å². The first-order chi connectivity index (χ1) is 17.8. The highest BCUT2D eigenvalue weighted by molar-refractivity contribution is 5.90. The van der Waals surface area contributed by atoms with E-state index < -0.39 is 35.8 Å². The standard InChI is InChI=1S/C22H14F4N8O3/c23-11-3-1-6-27-16(11)19-30-31-20(36-19)21(35)33-8-5-12-17(29-10-28-12)18(33)13-9-14-15(37-22(24,25)26)4-2-7-34(14)32-13/h1-4,6-7,9-10,18H,5,8H2,(H,28,29)/t18-/m0/s1. The summed E-state index contributed by atoms with van der Waals surface area (Å²) in [6.07, 6.45) is -0.257.